The summed E-state index contributed by atoms with van der Waals surface area (Å²) in [7, 11) is 0. The molecule has 2 amide bonds. The van der Waals surface area contributed by atoms with E-state index in [9.17, 15) is 19.8 Å². The third-order valence-electron chi connectivity index (χ3n) is 6.65. The quantitative estimate of drug-likeness (QED) is 0.305. The Kier molecular flexibility index (Phi) is 7.67. The first kappa shape index (κ1) is 26.1. The van der Waals surface area contributed by atoms with Gasteiger partial charge >= 0.3 is 0 Å². The van der Waals surface area contributed by atoms with Gasteiger partial charge in [0.05, 0.1) is 18.3 Å². The second-order valence-electron chi connectivity index (χ2n) is 9.38. The number of rotatable bonds is 9. The monoisotopic (exact) mass is 527 g/mol. The SMILES string of the molecule is CC(NC(=O)C(O)C(O)C(=O)N1Cc2cccnc2C1)c1ccc(-n2cccn2)c(OCc2ccccc2)c1. The van der Waals surface area contributed by atoms with Gasteiger partial charge in [0.25, 0.3) is 11.8 Å². The van der Waals surface area contributed by atoms with Crippen LogP contribution in [0.4, 0.5) is 0 Å². The Morgan fingerprint density at radius 3 is 2.56 bits per heavy atom. The van der Waals surface area contributed by atoms with E-state index in [4.69, 9.17) is 4.74 Å². The molecule has 1 aliphatic rings. The van der Waals surface area contributed by atoms with Crippen LogP contribution in [0.5, 0.6) is 5.75 Å². The maximum Gasteiger partial charge on any atom is 0.255 e. The fourth-order valence-corrected chi connectivity index (χ4v) is 4.45. The van der Waals surface area contributed by atoms with Crippen molar-refractivity contribution in [3.8, 4) is 11.4 Å². The number of ether oxygens (including phenoxy) is 1. The number of hydrogen-bond acceptors (Lipinski definition) is 7. The van der Waals surface area contributed by atoms with Crippen LogP contribution in [0.1, 0.15) is 35.3 Å². The van der Waals surface area contributed by atoms with Crippen molar-refractivity contribution in [1.29, 1.82) is 0 Å². The number of aliphatic hydroxyl groups excluding tert-OH is 2. The molecule has 200 valence electrons. The lowest BCUT2D eigenvalue weighted by atomic mass is 10.1. The summed E-state index contributed by atoms with van der Waals surface area (Å²) in [5.41, 5.74) is 4.02. The van der Waals surface area contributed by atoms with E-state index in [-0.39, 0.29) is 13.1 Å². The summed E-state index contributed by atoms with van der Waals surface area (Å²) >= 11 is 0. The summed E-state index contributed by atoms with van der Waals surface area (Å²) in [6.45, 7) is 2.55. The summed E-state index contributed by atoms with van der Waals surface area (Å²) in [4.78, 5) is 31.2. The zero-order chi connectivity index (χ0) is 27.4. The highest BCUT2D eigenvalue weighted by Crippen LogP contribution is 2.28. The smallest absolute Gasteiger partial charge is 0.255 e. The molecule has 0 aliphatic carbocycles. The fourth-order valence-electron chi connectivity index (χ4n) is 4.45. The van der Waals surface area contributed by atoms with Gasteiger partial charge in [0.15, 0.2) is 12.2 Å². The molecule has 0 bridgehead atoms. The zero-order valence-electron chi connectivity index (χ0n) is 21.3. The Bertz CT molecular complexity index is 1420. The maximum absolute atomic E-state index is 12.8. The number of pyridine rings is 1. The standard InChI is InChI=1S/C29H29N5O5/c1-19(32-28(37)26(35)27(36)29(38)33-16-22-9-5-12-30-23(22)17-33)21-10-11-24(34-14-6-13-31-34)25(15-21)39-18-20-7-3-2-4-8-20/h2-15,19,26-27,35-36H,16-18H2,1H3,(H,32,37). The van der Waals surface area contributed by atoms with Crippen LogP contribution in [0.25, 0.3) is 5.69 Å². The van der Waals surface area contributed by atoms with Gasteiger partial charge in [-0.15, -0.1) is 0 Å². The van der Waals surface area contributed by atoms with E-state index in [1.54, 1.807) is 42.3 Å². The van der Waals surface area contributed by atoms with Crippen LogP contribution in [-0.4, -0.2) is 53.9 Å². The predicted molar refractivity (Wildman–Crippen MR) is 141 cm³/mol. The van der Waals surface area contributed by atoms with Crippen molar-refractivity contribution in [2.24, 2.45) is 0 Å². The van der Waals surface area contributed by atoms with Crippen LogP contribution < -0.4 is 10.1 Å². The van der Waals surface area contributed by atoms with E-state index in [1.165, 1.54) is 4.90 Å². The topological polar surface area (TPSA) is 130 Å². The van der Waals surface area contributed by atoms with Gasteiger partial charge < -0.3 is 25.2 Å². The molecule has 3 unspecified atom stereocenters. The van der Waals surface area contributed by atoms with Gasteiger partial charge in [0.2, 0.25) is 0 Å². The highest BCUT2D eigenvalue weighted by atomic mass is 16.5. The van der Waals surface area contributed by atoms with Gasteiger partial charge in [-0.2, -0.15) is 5.10 Å². The fraction of sp³-hybridized carbons (Fsp3) is 0.241. The Balaban J connectivity index is 1.26. The van der Waals surface area contributed by atoms with Crippen LogP contribution in [0.3, 0.4) is 0 Å². The molecule has 0 radical (unpaired) electrons. The van der Waals surface area contributed by atoms with Crippen LogP contribution in [0.15, 0.2) is 85.3 Å². The van der Waals surface area contributed by atoms with Crippen LogP contribution >= 0.6 is 0 Å². The average Bonchev–Trinajstić information content (AvgIpc) is 3.66. The minimum absolute atomic E-state index is 0.213. The molecule has 3 N–H and O–H groups in total. The van der Waals surface area contributed by atoms with E-state index >= 15 is 0 Å². The van der Waals surface area contributed by atoms with Gasteiger partial charge in [-0.05, 0) is 47.9 Å². The van der Waals surface area contributed by atoms with E-state index in [0.717, 1.165) is 22.5 Å². The molecule has 2 aromatic heterocycles. The lowest BCUT2D eigenvalue weighted by Crippen LogP contribution is -2.50. The summed E-state index contributed by atoms with van der Waals surface area (Å²) in [6, 6.07) is 20.1. The van der Waals surface area contributed by atoms with Gasteiger partial charge in [0.1, 0.15) is 18.0 Å². The molecule has 10 nitrogen and oxygen atoms in total. The minimum Gasteiger partial charge on any atom is -0.487 e. The lowest BCUT2D eigenvalue weighted by Gasteiger charge is -2.24. The number of aliphatic hydroxyl groups is 2. The van der Waals surface area contributed by atoms with Crippen molar-refractivity contribution in [3.63, 3.8) is 0 Å². The van der Waals surface area contributed by atoms with Crippen molar-refractivity contribution in [2.75, 3.05) is 0 Å². The highest BCUT2D eigenvalue weighted by molar-refractivity contribution is 5.91. The molecule has 3 heterocycles. The third-order valence-corrected chi connectivity index (χ3v) is 6.65. The summed E-state index contributed by atoms with van der Waals surface area (Å²) in [6.07, 6.45) is 1.27. The molecule has 1 aliphatic heterocycles. The van der Waals surface area contributed by atoms with Gasteiger partial charge in [-0.25, -0.2) is 4.68 Å². The van der Waals surface area contributed by atoms with Crippen LogP contribution in [0.2, 0.25) is 0 Å². The Hall–Kier alpha value is -4.54. The van der Waals surface area contributed by atoms with Crippen LogP contribution in [-0.2, 0) is 29.3 Å². The Morgan fingerprint density at radius 1 is 1.00 bits per heavy atom. The summed E-state index contributed by atoms with van der Waals surface area (Å²) in [5.74, 6) is -1.04. The van der Waals surface area contributed by atoms with E-state index in [2.05, 4.69) is 15.4 Å². The normalized spacial score (nSPS) is 14.8. The largest absolute Gasteiger partial charge is 0.487 e. The molecule has 39 heavy (non-hydrogen) atoms. The first-order chi connectivity index (χ1) is 18.9. The second-order valence-corrected chi connectivity index (χ2v) is 9.38. The molecule has 5 rings (SSSR count). The number of nitrogens with zero attached hydrogens (tertiary/aromatic N) is 4. The summed E-state index contributed by atoms with van der Waals surface area (Å²) in [5, 5.41) is 28.0. The number of carbonyl (C=O) groups excluding carboxylic acids is 2. The van der Waals surface area contributed by atoms with Crippen molar-refractivity contribution in [2.45, 2.75) is 44.9 Å². The zero-order valence-corrected chi connectivity index (χ0v) is 21.3. The van der Waals surface area contributed by atoms with Crippen molar-refractivity contribution >= 4 is 11.8 Å². The van der Waals surface area contributed by atoms with Crippen molar-refractivity contribution in [3.05, 3.63) is 108 Å². The molecule has 3 atom stereocenters. The van der Waals surface area contributed by atoms with E-state index in [1.807, 2.05) is 54.6 Å². The summed E-state index contributed by atoms with van der Waals surface area (Å²) < 4.78 is 7.81. The first-order valence-corrected chi connectivity index (χ1v) is 12.6. The van der Waals surface area contributed by atoms with Crippen LogP contribution in [0, 0.1) is 0 Å². The first-order valence-electron chi connectivity index (χ1n) is 12.6. The number of amides is 2. The number of hydrogen-bond donors (Lipinski definition) is 3. The highest BCUT2D eigenvalue weighted by Gasteiger charge is 2.36. The number of nitrogens with one attached hydrogen (secondary N) is 1. The van der Waals surface area contributed by atoms with E-state index < -0.39 is 30.1 Å². The second kappa shape index (κ2) is 11.5. The molecule has 4 aromatic rings. The molecule has 0 saturated heterocycles. The maximum atomic E-state index is 12.8. The number of benzene rings is 2. The number of fused-ring (bicyclic) bond motifs is 1. The molecule has 0 fully saturated rings. The molecule has 10 heteroatoms. The van der Waals surface area contributed by atoms with Gasteiger partial charge in [-0.3, -0.25) is 14.6 Å². The third kappa shape index (κ3) is 5.82. The van der Waals surface area contributed by atoms with Gasteiger partial charge in [-0.1, -0.05) is 42.5 Å². The molecule has 0 spiro atoms. The Labute approximate surface area is 225 Å². The number of aromatic nitrogens is 3. The van der Waals surface area contributed by atoms with E-state index in [0.29, 0.717) is 17.9 Å². The lowest BCUT2D eigenvalue weighted by molar-refractivity contribution is -0.153. The van der Waals surface area contributed by atoms with Crippen molar-refractivity contribution < 1.29 is 24.5 Å². The molecule has 0 saturated carbocycles. The predicted octanol–water partition coefficient (Wildman–Crippen LogP) is 2.29. The number of carbonyl (C=O) groups is 2. The molecule has 2 aromatic carbocycles. The average molecular weight is 528 g/mol. The van der Waals surface area contributed by atoms with Gasteiger partial charge in [0, 0.05) is 25.1 Å². The molecular weight excluding hydrogens is 498 g/mol. The molecular formula is C29H29N5O5. The Morgan fingerprint density at radius 2 is 1.82 bits per heavy atom. The minimum atomic E-state index is -1.94. The van der Waals surface area contributed by atoms with Crippen molar-refractivity contribution in [1.82, 2.24) is 25.0 Å².